The Hall–Kier alpha value is -2.57. The van der Waals surface area contributed by atoms with E-state index in [2.05, 4.69) is 26.1 Å². The van der Waals surface area contributed by atoms with Gasteiger partial charge in [-0.3, -0.25) is 4.84 Å². The van der Waals surface area contributed by atoms with E-state index in [1.165, 1.54) is 17.0 Å². The van der Waals surface area contributed by atoms with Gasteiger partial charge in [-0.2, -0.15) is 5.48 Å². The van der Waals surface area contributed by atoms with Crippen LogP contribution < -0.4 is 10.8 Å². The van der Waals surface area contributed by atoms with Gasteiger partial charge in [0, 0.05) is 18.0 Å². The molecule has 1 aromatic heterocycles. The number of nitrogens with one attached hydrogen (secondary N) is 2. The summed E-state index contributed by atoms with van der Waals surface area (Å²) in [5, 5.41) is 41.8. The Morgan fingerprint density at radius 2 is 1.82 bits per heavy atom. The van der Waals surface area contributed by atoms with Crippen molar-refractivity contribution in [1.82, 2.24) is 20.3 Å². The Kier molecular flexibility index (Phi) is 8.02. The maximum absolute atomic E-state index is 11.1. The van der Waals surface area contributed by atoms with E-state index in [1.54, 1.807) is 41.5 Å². The minimum Gasteiger partial charge on any atom is -0.792 e. The second kappa shape index (κ2) is 9.57. The summed E-state index contributed by atoms with van der Waals surface area (Å²) in [6.07, 6.45) is 2.19. The fourth-order valence-corrected chi connectivity index (χ4v) is 2.01. The van der Waals surface area contributed by atoms with Crippen molar-refractivity contribution in [3.8, 4) is 0 Å². The first-order valence-corrected chi connectivity index (χ1v) is 8.62. The SMILES string of the molecule is C/C(=N\[O-])C(C)(C)NCC(Cn1ccnc1[N+](=O)[O-])ONC(C)(C)/C(C)=N/[O-]. The second-order valence-electron chi connectivity index (χ2n) is 7.46. The largest absolute Gasteiger partial charge is 0.792 e. The molecule has 1 unspecified atom stereocenters. The molecule has 12 nitrogen and oxygen atoms in total. The van der Waals surface area contributed by atoms with E-state index >= 15 is 0 Å². The van der Waals surface area contributed by atoms with Crippen LogP contribution in [-0.4, -0.2) is 49.6 Å². The molecule has 12 heteroatoms. The molecular weight excluding hydrogens is 370 g/mol. The monoisotopic (exact) mass is 397 g/mol. The number of hydroxylamine groups is 1. The van der Waals surface area contributed by atoms with Crippen LogP contribution in [0.25, 0.3) is 0 Å². The Balaban J connectivity index is 2.96. The first kappa shape index (κ1) is 23.5. The van der Waals surface area contributed by atoms with Crippen molar-refractivity contribution in [3.05, 3.63) is 32.9 Å². The van der Waals surface area contributed by atoms with Crippen LogP contribution in [0.2, 0.25) is 0 Å². The molecule has 1 aromatic rings. The van der Waals surface area contributed by atoms with Gasteiger partial charge in [-0.25, -0.2) is 4.57 Å². The fourth-order valence-electron chi connectivity index (χ4n) is 2.01. The van der Waals surface area contributed by atoms with Gasteiger partial charge in [0.1, 0.15) is 25.0 Å². The summed E-state index contributed by atoms with van der Waals surface area (Å²) in [5.41, 5.74) is 1.87. The highest BCUT2D eigenvalue weighted by atomic mass is 16.7. The molecule has 0 fully saturated rings. The van der Waals surface area contributed by atoms with Gasteiger partial charge in [0.2, 0.25) is 0 Å². The maximum Gasteiger partial charge on any atom is 0.434 e. The number of hydrogen-bond acceptors (Lipinski definition) is 10. The Morgan fingerprint density at radius 3 is 2.36 bits per heavy atom. The van der Waals surface area contributed by atoms with Gasteiger partial charge in [-0.1, -0.05) is 4.98 Å². The topological polar surface area (TPSA) is 165 Å². The summed E-state index contributed by atoms with van der Waals surface area (Å²) in [5.74, 6) is -0.318. The molecule has 158 valence electrons. The molecule has 0 bridgehead atoms. The van der Waals surface area contributed by atoms with E-state index in [9.17, 15) is 20.5 Å². The minimum absolute atomic E-state index is 0.101. The van der Waals surface area contributed by atoms with Crippen LogP contribution in [0.1, 0.15) is 41.5 Å². The predicted octanol–water partition coefficient (Wildman–Crippen LogP) is 1.75. The average Bonchev–Trinajstić information content (AvgIpc) is 3.10. The van der Waals surface area contributed by atoms with E-state index in [1.807, 2.05) is 0 Å². The molecule has 0 aliphatic carbocycles. The van der Waals surface area contributed by atoms with Crippen LogP contribution in [0, 0.1) is 20.5 Å². The summed E-state index contributed by atoms with van der Waals surface area (Å²) in [6, 6.07) is 0. The van der Waals surface area contributed by atoms with Crippen LogP contribution in [0.4, 0.5) is 5.95 Å². The van der Waals surface area contributed by atoms with Crippen molar-refractivity contribution >= 4 is 17.4 Å². The maximum atomic E-state index is 11.1. The molecule has 0 aliphatic heterocycles. The van der Waals surface area contributed by atoms with Gasteiger partial charge in [0.15, 0.2) is 0 Å². The number of aromatic nitrogens is 2. The number of nitro groups is 1. The summed E-state index contributed by atoms with van der Waals surface area (Å²) >= 11 is 0. The lowest BCUT2D eigenvalue weighted by Gasteiger charge is -2.32. The molecule has 0 saturated carbocycles. The number of imidazole rings is 1. The fraction of sp³-hybridized carbons (Fsp3) is 0.688. The lowest BCUT2D eigenvalue weighted by atomic mass is 9.99. The van der Waals surface area contributed by atoms with Crippen molar-refractivity contribution in [2.45, 2.75) is 65.3 Å². The zero-order valence-corrected chi connectivity index (χ0v) is 16.9. The summed E-state index contributed by atoms with van der Waals surface area (Å²) in [7, 11) is 0. The third kappa shape index (κ3) is 6.25. The molecule has 1 heterocycles. The van der Waals surface area contributed by atoms with E-state index in [0.717, 1.165) is 0 Å². The summed E-state index contributed by atoms with van der Waals surface area (Å²) in [6.45, 7) is 10.5. The quantitative estimate of drug-likeness (QED) is 0.323. The zero-order chi connectivity index (χ0) is 21.5. The van der Waals surface area contributed by atoms with Crippen molar-refractivity contribution in [3.63, 3.8) is 0 Å². The summed E-state index contributed by atoms with van der Waals surface area (Å²) in [4.78, 5) is 20.0. The molecule has 0 saturated heterocycles. The molecule has 28 heavy (non-hydrogen) atoms. The average molecular weight is 397 g/mol. The number of nitrogens with zero attached hydrogens (tertiary/aromatic N) is 5. The standard InChI is InChI=1S/C16H29N7O5/c1-11(19-24)15(3,4)18-9-13(28-21-16(5,6)12(2)20-25)10-22-8-7-17-14(22)23(26)27/h7-8,13,18,21,24-25H,9-10H2,1-6H3/p-2/b19-11+,20-12+. The number of rotatable bonds is 11. The highest BCUT2D eigenvalue weighted by Crippen LogP contribution is 2.13. The van der Waals surface area contributed by atoms with Gasteiger partial charge in [0.25, 0.3) is 0 Å². The van der Waals surface area contributed by atoms with Crippen molar-refractivity contribution in [2.24, 2.45) is 10.3 Å². The third-order valence-corrected chi connectivity index (χ3v) is 4.59. The van der Waals surface area contributed by atoms with Crippen LogP contribution >= 0.6 is 0 Å². The van der Waals surface area contributed by atoms with E-state index in [0.29, 0.717) is 5.71 Å². The highest BCUT2D eigenvalue weighted by molar-refractivity contribution is 5.91. The first-order valence-electron chi connectivity index (χ1n) is 8.62. The number of hydrogen-bond donors (Lipinski definition) is 2. The minimum atomic E-state index is -0.844. The molecule has 2 N–H and O–H groups in total. The molecular formula is C16H27N7O5-2. The van der Waals surface area contributed by atoms with Crippen LogP contribution in [0.15, 0.2) is 22.7 Å². The van der Waals surface area contributed by atoms with E-state index in [4.69, 9.17) is 4.84 Å². The molecule has 0 spiro atoms. The highest BCUT2D eigenvalue weighted by Gasteiger charge is 2.27. The lowest BCUT2D eigenvalue weighted by Crippen LogP contribution is -2.53. The second-order valence-corrected chi connectivity index (χ2v) is 7.46. The van der Waals surface area contributed by atoms with Crippen LogP contribution in [-0.2, 0) is 11.4 Å². The molecule has 0 radical (unpaired) electrons. The first-order chi connectivity index (χ1) is 12.9. The third-order valence-electron chi connectivity index (χ3n) is 4.59. The zero-order valence-electron chi connectivity index (χ0n) is 16.9. The summed E-state index contributed by atoms with van der Waals surface area (Å²) < 4.78 is 1.34. The van der Waals surface area contributed by atoms with E-state index in [-0.39, 0.29) is 24.7 Å². The molecule has 1 atom stereocenters. The van der Waals surface area contributed by atoms with Gasteiger partial charge in [0.05, 0.1) is 11.1 Å². The molecule has 0 amide bonds. The van der Waals surface area contributed by atoms with Gasteiger partial charge in [-0.05, 0) is 46.5 Å². The Morgan fingerprint density at radius 1 is 1.25 bits per heavy atom. The van der Waals surface area contributed by atoms with Gasteiger partial charge in [-0.15, -0.1) is 0 Å². The van der Waals surface area contributed by atoms with Crippen LogP contribution in [0.5, 0.6) is 0 Å². The Labute approximate surface area is 163 Å². The Bertz CT molecular complexity index is 693. The predicted molar refractivity (Wildman–Crippen MR) is 106 cm³/mol. The van der Waals surface area contributed by atoms with E-state index < -0.39 is 22.1 Å². The van der Waals surface area contributed by atoms with Crippen molar-refractivity contribution in [2.75, 3.05) is 6.54 Å². The normalized spacial score (nSPS) is 14.9. The lowest BCUT2D eigenvalue weighted by molar-refractivity contribution is -0.397. The molecule has 1 rings (SSSR count). The van der Waals surface area contributed by atoms with Crippen molar-refractivity contribution < 1.29 is 9.76 Å². The smallest absolute Gasteiger partial charge is 0.434 e. The molecule has 0 aromatic carbocycles. The van der Waals surface area contributed by atoms with Crippen molar-refractivity contribution in [1.29, 1.82) is 0 Å². The van der Waals surface area contributed by atoms with Crippen LogP contribution in [0.3, 0.4) is 0 Å². The molecule has 0 aliphatic rings. The van der Waals surface area contributed by atoms with Gasteiger partial charge < -0.3 is 36.2 Å². The van der Waals surface area contributed by atoms with Gasteiger partial charge >= 0.3 is 5.95 Å².